The molecule has 0 aliphatic heterocycles. The SMILES string of the molecule is COc1ccc(C(=O)NCCn2cc(-c3ccccc3)cn2)cc1. The Kier molecular flexibility index (Phi) is 4.91. The maximum absolute atomic E-state index is 12.1. The van der Waals surface area contributed by atoms with E-state index in [2.05, 4.69) is 10.4 Å². The predicted octanol–water partition coefficient (Wildman–Crippen LogP) is 2.99. The van der Waals surface area contributed by atoms with Gasteiger partial charge in [0.2, 0.25) is 0 Å². The van der Waals surface area contributed by atoms with E-state index in [0.29, 0.717) is 18.7 Å². The molecule has 1 amide bonds. The molecule has 0 spiro atoms. The van der Waals surface area contributed by atoms with E-state index in [9.17, 15) is 4.79 Å². The van der Waals surface area contributed by atoms with Gasteiger partial charge in [-0.2, -0.15) is 5.10 Å². The van der Waals surface area contributed by atoms with E-state index in [-0.39, 0.29) is 5.91 Å². The van der Waals surface area contributed by atoms with Crippen molar-refractivity contribution < 1.29 is 9.53 Å². The van der Waals surface area contributed by atoms with Crippen molar-refractivity contribution in [2.24, 2.45) is 0 Å². The summed E-state index contributed by atoms with van der Waals surface area (Å²) in [6.07, 6.45) is 3.81. The van der Waals surface area contributed by atoms with Gasteiger partial charge in [0.25, 0.3) is 5.91 Å². The number of carbonyl (C=O) groups is 1. The zero-order chi connectivity index (χ0) is 16.8. The monoisotopic (exact) mass is 321 g/mol. The number of nitrogens with zero attached hydrogens (tertiary/aromatic N) is 2. The van der Waals surface area contributed by atoms with Crippen molar-refractivity contribution in [3.63, 3.8) is 0 Å². The minimum absolute atomic E-state index is 0.104. The van der Waals surface area contributed by atoms with Gasteiger partial charge in [-0.05, 0) is 29.8 Å². The third-order valence-electron chi connectivity index (χ3n) is 3.72. The summed E-state index contributed by atoms with van der Waals surface area (Å²) < 4.78 is 6.91. The van der Waals surface area contributed by atoms with Crippen LogP contribution in [0.3, 0.4) is 0 Å². The number of ether oxygens (including phenoxy) is 1. The summed E-state index contributed by atoms with van der Waals surface area (Å²) in [4.78, 5) is 12.1. The van der Waals surface area contributed by atoms with Crippen LogP contribution < -0.4 is 10.1 Å². The summed E-state index contributed by atoms with van der Waals surface area (Å²) in [6.45, 7) is 1.13. The molecule has 0 saturated carbocycles. The molecule has 0 aliphatic carbocycles. The highest BCUT2D eigenvalue weighted by Crippen LogP contribution is 2.17. The lowest BCUT2D eigenvalue weighted by Gasteiger charge is -2.06. The van der Waals surface area contributed by atoms with Crippen LogP contribution in [0.2, 0.25) is 0 Å². The maximum atomic E-state index is 12.1. The van der Waals surface area contributed by atoms with E-state index in [1.165, 1.54) is 0 Å². The Morgan fingerprint density at radius 2 is 1.83 bits per heavy atom. The fourth-order valence-corrected chi connectivity index (χ4v) is 2.39. The Hall–Kier alpha value is -3.08. The topological polar surface area (TPSA) is 56.1 Å². The van der Waals surface area contributed by atoms with Crippen LogP contribution in [-0.2, 0) is 6.54 Å². The predicted molar refractivity (Wildman–Crippen MR) is 93.0 cm³/mol. The molecule has 0 saturated heterocycles. The van der Waals surface area contributed by atoms with Gasteiger partial charge in [-0.3, -0.25) is 9.48 Å². The molecule has 122 valence electrons. The number of hydrogen-bond donors (Lipinski definition) is 1. The van der Waals surface area contributed by atoms with Crippen LogP contribution in [0.25, 0.3) is 11.1 Å². The van der Waals surface area contributed by atoms with Crippen molar-refractivity contribution >= 4 is 5.91 Å². The van der Waals surface area contributed by atoms with Gasteiger partial charge < -0.3 is 10.1 Å². The van der Waals surface area contributed by atoms with Crippen LogP contribution in [0.15, 0.2) is 67.0 Å². The number of methoxy groups -OCH3 is 1. The zero-order valence-corrected chi connectivity index (χ0v) is 13.5. The minimum atomic E-state index is -0.104. The Labute approximate surface area is 140 Å². The largest absolute Gasteiger partial charge is 0.497 e. The highest BCUT2D eigenvalue weighted by molar-refractivity contribution is 5.94. The average Bonchev–Trinajstić information content (AvgIpc) is 3.11. The van der Waals surface area contributed by atoms with E-state index < -0.39 is 0 Å². The molecule has 0 unspecified atom stereocenters. The van der Waals surface area contributed by atoms with Gasteiger partial charge in [0.1, 0.15) is 5.75 Å². The van der Waals surface area contributed by atoms with Crippen LogP contribution in [0, 0.1) is 0 Å². The molecule has 3 aromatic rings. The average molecular weight is 321 g/mol. The molecule has 1 aromatic heterocycles. The summed E-state index contributed by atoms with van der Waals surface area (Å²) in [5.74, 6) is 0.629. The van der Waals surface area contributed by atoms with E-state index in [1.54, 1.807) is 31.4 Å². The van der Waals surface area contributed by atoms with Gasteiger partial charge >= 0.3 is 0 Å². The lowest BCUT2D eigenvalue weighted by molar-refractivity contribution is 0.0952. The van der Waals surface area contributed by atoms with Crippen molar-refractivity contribution in [1.82, 2.24) is 15.1 Å². The fraction of sp³-hybridized carbons (Fsp3) is 0.158. The quantitative estimate of drug-likeness (QED) is 0.759. The third kappa shape index (κ3) is 3.81. The molecule has 0 atom stereocenters. The van der Waals surface area contributed by atoms with E-state index in [0.717, 1.165) is 16.9 Å². The Morgan fingerprint density at radius 1 is 1.08 bits per heavy atom. The Bertz CT molecular complexity index is 795. The van der Waals surface area contributed by atoms with Crippen molar-refractivity contribution in [2.75, 3.05) is 13.7 Å². The van der Waals surface area contributed by atoms with Crippen LogP contribution >= 0.6 is 0 Å². The second-order valence-electron chi connectivity index (χ2n) is 5.34. The number of carbonyl (C=O) groups excluding carboxylic acids is 1. The molecule has 5 heteroatoms. The normalized spacial score (nSPS) is 10.4. The minimum Gasteiger partial charge on any atom is -0.497 e. The lowest BCUT2D eigenvalue weighted by Crippen LogP contribution is -2.27. The molecule has 5 nitrogen and oxygen atoms in total. The van der Waals surface area contributed by atoms with E-state index >= 15 is 0 Å². The summed E-state index contributed by atoms with van der Waals surface area (Å²) in [7, 11) is 1.60. The van der Waals surface area contributed by atoms with Crippen molar-refractivity contribution in [2.45, 2.75) is 6.54 Å². The second-order valence-corrected chi connectivity index (χ2v) is 5.34. The molecule has 0 fully saturated rings. The van der Waals surface area contributed by atoms with Crippen molar-refractivity contribution in [1.29, 1.82) is 0 Å². The van der Waals surface area contributed by atoms with Crippen molar-refractivity contribution in [3.05, 3.63) is 72.6 Å². The summed E-state index contributed by atoms with van der Waals surface area (Å²) in [5.41, 5.74) is 2.81. The zero-order valence-electron chi connectivity index (χ0n) is 13.5. The highest BCUT2D eigenvalue weighted by Gasteiger charge is 2.06. The van der Waals surface area contributed by atoms with Crippen LogP contribution in [-0.4, -0.2) is 29.3 Å². The number of amides is 1. The van der Waals surface area contributed by atoms with Crippen LogP contribution in [0.5, 0.6) is 5.75 Å². The molecule has 3 rings (SSSR count). The van der Waals surface area contributed by atoms with E-state index in [1.807, 2.05) is 47.4 Å². The number of aromatic nitrogens is 2. The number of nitrogens with one attached hydrogen (secondary N) is 1. The van der Waals surface area contributed by atoms with Gasteiger partial charge in [-0.1, -0.05) is 30.3 Å². The number of benzene rings is 2. The van der Waals surface area contributed by atoms with E-state index in [4.69, 9.17) is 4.74 Å². The molecule has 2 aromatic carbocycles. The lowest BCUT2D eigenvalue weighted by atomic mass is 10.1. The number of rotatable bonds is 6. The molecule has 0 aliphatic rings. The maximum Gasteiger partial charge on any atom is 0.251 e. The molecular formula is C19H19N3O2. The van der Waals surface area contributed by atoms with Gasteiger partial charge in [-0.25, -0.2) is 0 Å². The van der Waals surface area contributed by atoms with Crippen LogP contribution in [0.4, 0.5) is 0 Å². The van der Waals surface area contributed by atoms with Gasteiger partial charge in [0, 0.05) is 23.9 Å². The summed E-state index contributed by atoms with van der Waals surface area (Å²) in [5, 5.41) is 7.23. The Morgan fingerprint density at radius 3 is 2.54 bits per heavy atom. The molecule has 0 bridgehead atoms. The Balaban J connectivity index is 1.53. The smallest absolute Gasteiger partial charge is 0.251 e. The van der Waals surface area contributed by atoms with Crippen LogP contribution in [0.1, 0.15) is 10.4 Å². The fourth-order valence-electron chi connectivity index (χ4n) is 2.39. The number of hydrogen-bond acceptors (Lipinski definition) is 3. The third-order valence-corrected chi connectivity index (χ3v) is 3.72. The van der Waals surface area contributed by atoms with Crippen molar-refractivity contribution in [3.8, 4) is 16.9 Å². The van der Waals surface area contributed by atoms with Gasteiger partial charge in [0.05, 0.1) is 19.9 Å². The summed E-state index contributed by atoms with van der Waals surface area (Å²) in [6, 6.07) is 17.1. The molecular weight excluding hydrogens is 302 g/mol. The first-order valence-electron chi connectivity index (χ1n) is 7.76. The molecule has 1 heterocycles. The van der Waals surface area contributed by atoms with Gasteiger partial charge in [-0.15, -0.1) is 0 Å². The first-order valence-corrected chi connectivity index (χ1v) is 7.76. The highest BCUT2D eigenvalue weighted by atomic mass is 16.5. The standard InChI is InChI=1S/C19H19N3O2/c1-24-18-9-7-16(8-10-18)19(23)20-11-12-22-14-17(13-21-22)15-5-3-2-4-6-15/h2-10,13-14H,11-12H2,1H3,(H,20,23). The molecule has 0 radical (unpaired) electrons. The molecule has 1 N–H and O–H groups in total. The molecule has 24 heavy (non-hydrogen) atoms. The van der Waals surface area contributed by atoms with Gasteiger partial charge in [0.15, 0.2) is 0 Å². The first kappa shape index (κ1) is 15.8. The second kappa shape index (κ2) is 7.46. The first-order chi connectivity index (χ1) is 11.8. The summed E-state index contributed by atoms with van der Waals surface area (Å²) >= 11 is 0.